The Labute approximate surface area is 147 Å². The van der Waals surface area contributed by atoms with E-state index in [0.717, 1.165) is 43.5 Å². The predicted molar refractivity (Wildman–Crippen MR) is 90.0 cm³/mol. The summed E-state index contributed by atoms with van der Waals surface area (Å²) in [4.78, 5) is 14.1. The van der Waals surface area contributed by atoms with Crippen molar-refractivity contribution in [2.24, 2.45) is 11.8 Å². The zero-order valence-electron chi connectivity index (χ0n) is 15.0. The van der Waals surface area contributed by atoms with Crippen molar-refractivity contribution in [3.63, 3.8) is 0 Å². The van der Waals surface area contributed by atoms with Gasteiger partial charge in [-0.15, -0.1) is 0 Å². The molecule has 1 aliphatic rings. The molecule has 2 rings (SSSR count). The van der Waals surface area contributed by atoms with Crippen LogP contribution in [0.1, 0.15) is 50.3 Å². The SMILES string of the molecule is CC[C@H](C)C(=O)OC[C@H]1CCCN(C)[C@@H]1c1ccc(C(F)(F)F)cc1. The summed E-state index contributed by atoms with van der Waals surface area (Å²) in [5.74, 6) is -0.253. The maximum Gasteiger partial charge on any atom is 0.416 e. The largest absolute Gasteiger partial charge is 0.465 e. The van der Waals surface area contributed by atoms with Crippen LogP contribution < -0.4 is 0 Å². The van der Waals surface area contributed by atoms with Crippen molar-refractivity contribution in [1.82, 2.24) is 4.90 Å². The van der Waals surface area contributed by atoms with Gasteiger partial charge in [-0.25, -0.2) is 0 Å². The van der Waals surface area contributed by atoms with Gasteiger partial charge in [0.1, 0.15) is 0 Å². The molecule has 0 radical (unpaired) electrons. The molecule has 1 saturated heterocycles. The highest BCUT2D eigenvalue weighted by Gasteiger charge is 2.34. The van der Waals surface area contributed by atoms with Gasteiger partial charge in [0.2, 0.25) is 0 Å². The first-order chi connectivity index (χ1) is 11.7. The molecule has 0 N–H and O–H groups in total. The average Bonchev–Trinajstić information content (AvgIpc) is 2.58. The Morgan fingerprint density at radius 3 is 2.52 bits per heavy atom. The van der Waals surface area contributed by atoms with Gasteiger partial charge in [-0.05, 0) is 50.6 Å². The van der Waals surface area contributed by atoms with Gasteiger partial charge in [0.05, 0.1) is 18.1 Å². The van der Waals surface area contributed by atoms with E-state index >= 15 is 0 Å². The van der Waals surface area contributed by atoms with Crippen molar-refractivity contribution in [2.75, 3.05) is 20.2 Å². The zero-order valence-corrected chi connectivity index (χ0v) is 15.0. The van der Waals surface area contributed by atoms with Gasteiger partial charge in [-0.1, -0.05) is 26.0 Å². The van der Waals surface area contributed by atoms with E-state index in [0.29, 0.717) is 6.61 Å². The van der Waals surface area contributed by atoms with Gasteiger partial charge in [-0.3, -0.25) is 9.69 Å². The summed E-state index contributed by atoms with van der Waals surface area (Å²) in [5, 5.41) is 0. The molecule has 0 aliphatic carbocycles. The summed E-state index contributed by atoms with van der Waals surface area (Å²) < 4.78 is 43.8. The average molecular weight is 357 g/mol. The van der Waals surface area contributed by atoms with Crippen LogP contribution in [0.3, 0.4) is 0 Å². The summed E-state index contributed by atoms with van der Waals surface area (Å²) in [5.41, 5.74) is 0.189. The third-order valence-electron chi connectivity index (χ3n) is 5.04. The molecule has 1 heterocycles. The van der Waals surface area contributed by atoms with Crippen LogP contribution in [-0.2, 0) is 15.7 Å². The number of alkyl halides is 3. The van der Waals surface area contributed by atoms with Crippen LogP contribution in [-0.4, -0.2) is 31.1 Å². The molecule has 0 aromatic heterocycles. The second kappa shape index (κ2) is 8.21. The van der Waals surface area contributed by atoms with E-state index in [-0.39, 0.29) is 23.8 Å². The lowest BCUT2D eigenvalue weighted by Gasteiger charge is -2.39. The molecule has 3 atom stereocenters. The highest BCUT2D eigenvalue weighted by Crippen LogP contribution is 2.37. The lowest BCUT2D eigenvalue weighted by Crippen LogP contribution is -2.38. The lowest BCUT2D eigenvalue weighted by molar-refractivity contribution is -0.150. The number of hydrogen-bond acceptors (Lipinski definition) is 3. The zero-order chi connectivity index (χ0) is 18.6. The Kier molecular flexibility index (Phi) is 6.49. The molecule has 0 amide bonds. The van der Waals surface area contributed by atoms with Crippen molar-refractivity contribution in [3.05, 3.63) is 35.4 Å². The number of esters is 1. The molecule has 1 aromatic rings. The van der Waals surface area contributed by atoms with Crippen molar-refractivity contribution >= 4 is 5.97 Å². The van der Waals surface area contributed by atoms with Gasteiger partial charge < -0.3 is 4.74 Å². The monoisotopic (exact) mass is 357 g/mol. The molecule has 6 heteroatoms. The van der Waals surface area contributed by atoms with Crippen molar-refractivity contribution in [3.8, 4) is 0 Å². The fourth-order valence-corrected chi connectivity index (χ4v) is 3.33. The standard InChI is InChI=1S/C19H26F3NO2/c1-4-13(2)18(24)25-12-15-6-5-11-23(3)17(15)14-7-9-16(10-8-14)19(20,21)22/h7-10,13,15,17H,4-6,11-12H2,1-3H3/t13-,15+,17+/m0/s1. The summed E-state index contributed by atoms with van der Waals surface area (Å²) in [6, 6.07) is 5.29. The second-order valence-corrected chi connectivity index (χ2v) is 6.89. The summed E-state index contributed by atoms with van der Waals surface area (Å²) in [7, 11) is 1.96. The lowest BCUT2D eigenvalue weighted by atomic mass is 9.85. The quantitative estimate of drug-likeness (QED) is 0.717. The molecule has 1 fully saturated rings. The van der Waals surface area contributed by atoms with E-state index < -0.39 is 11.7 Å². The smallest absolute Gasteiger partial charge is 0.416 e. The third kappa shape index (κ3) is 4.97. The van der Waals surface area contributed by atoms with Gasteiger partial charge >= 0.3 is 12.1 Å². The normalized spacial score (nSPS) is 23.3. The molecular weight excluding hydrogens is 331 g/mol. The van der Waals surface area contributed by atoms with Crippen LogP contribution >= 0.6 is 0 Å². The molecule has 0 bridgehead atoms. The maximum atomic E-state index is 12.8. The van der Waals surface area contributed by atoms with E-state index in [4.69, 9.17) is 4.74 Å². The maximum absolute atomic E-state index is 12.8. The highest BCUT2D eigenvalue weighted by atomic mass is 19.4. The predicted octanol–water partition coefficient (Wildman–Crippen LogP) is 4.68. The van der Waals surface area contributed by atoms with Crippen molar-refractivity contribution < 1.29 is 22.7 Å². The van der Waals surface area contributed by atoms with Crippen LogP contribution in [0.4, 0.5) is 13.2 Å². The number of nitrogens with zero attached hydrogens (tertiary/aromatic N) is 1. The molecule has 3 nitrogen and oxygen atoms in total. The fraction of sp³-hybridized carbons (Fsp3) is 0.632. The molecule has 1 aliphatic heterocycles. The van der Waals surface area contributed by atoms with Gasteiger partial charge in [0, 0.05) is 12.0 Å². The number of likely N-dealkylation sites (tertiary alicyclic amines) is 1. The number of halogens is 3. The van der Waals surface area contributed by atoms with Crippen LogP contribution in [0.5, 0.6) is 0 Å². The van der Waals surface area contributed by atoms with E-state index in [2.05, 4.69) is 4.90 Å². The summed E-state index contributed by atoms with van der Waals surface area (Å²) >= 11 is 0. The fourth-order valence-electron chi connectivity index (χ4n) is 3.33. The minimum absolute atomic E-state index is 0.0410. The molecule has 0 spiro atoms. The van der Waals surface area contributed by atoms with E-state index in [1.165, 1.54) is 0 Å². The topological polar surface area (TPSA) is 29.5 Å². The van der Waals surface area contributed by atoms with Gasteiger partial charge in [0.25, 0.3) is 0 Å². The van der Waals surface area contributed by atoms with E-state index in [1.807, 2.05) is 20.9 Å². The van der Waals surface area contributed by atoms with Gasteiger partial charge in [0.15, 0.2) is 0 Å². The number of benzene rings is 1. The number of carbonyl (C=O) groups is 1. The number of rotatable bonds is 5. The first-order valence-electron chi connectivity index (χ1n) is 8.78. The third-order valence-corrected chi connectivity index (χ3v) is 5.04. The second-order valence-electron chi connectivity index (χ2n) is 6.89. The van der Waals surface area contributed by atoms with Crippen LogP contribution in [0.15, 0.2) is 24.3 Å². The van der Waals surface area contributed by atoms with Crippen LogP contribution in [0, 0.1) is 11.8 Å². The Balaban J connectivity index is 2.12. The number of hydrogen-bond donors (Lipinski definition) is 0. The molecule has 140 valence electrons. The Morgan fingerprint density at radius 1 is 1.32 bits per heavy atom. The molecule has 0 saturated carbocycles. The first-order valence-corrected chi connectivity index (χ1v) is 8.78. The highest BCUT2D eigenvalue weighted by molar-refractivity contribution is 5.71. The Bertz CT molecular complexity index is 571. The minimum Gasteiger partial charge on any atom is -0.465 e. The van der Waals surface area contributed by atoms with Crippen molar-refractivity contribution in [1.29, 1.82) is 0 Å². The molecule has 1 aromatic carbocycles. The summed E-state index contributed by atoms with van der Waals surface area (Å²) in [6.07, 6.45) is -1.73. The number of carbonyl (C=O) groups excluding carboxylic acids is 1. The van der Waals surface area contributed by atoms with E-state index in [9.17, 15) is 18.0 Å². The molecular formula is C19H26F3NO2. The minimum atomic E-state index is -4.33. The van der Waals surface area contributed by atoms with Crippen molar-refractivity contribution in [2.45, 2.75) is 45.3 Å². The first kappa shape index (κ1) is 19.8. The Hall–Kier alpha value is -1.56. The number of ether oxygens (including phenoxy) is 1. The molecule has 25 heavy (non-hydrogen) atoms. The van der Waals surface area contributed by atoms with Crippen LogP contribution in [0.2, 0.25) is 0 Å². The Morgan fingerprint density at radius 2 is 1.96 bits per heavy atom. The molecule has 0 unspecified atom stereocenters. The van der Waals surface area contributed by atoms with Crippen LogP contribution in [0.25, 0.3) is 0 Å². The number of piperidine rings is 1. The summed E-state index contributed by atoms with van der Waals surface area (Å²) in [6.45, 7) is 4.95. The van der Waals surface area contributed by atoms with Gasteiger partial charge in [-0.2, -0.15) is 13.2 Å². The van der Waals surface area contributed by atoms with E-state index in [1.54, 1.807) is 12.1 Å².